The molecule has 1 heterocycles. The summed E-state index contributed by atoms with van der Waals surface area (Å²) in [7, 11) is 0. The van der Waals surface area contributed by atoms with Crippen LogP contribution in [0.2, 0.25) is 0 Å². The highest BCUT2D eigenvalue weighted by molar-refractivity contribution is 5.87. The van der Waals surface area contributed by atoms with Crippen LogP contribution in [0.3, 0.4) is 0 Å². The van der Waals surface area contributed by atoms with E-state index in [1.807, 2.05) is 36.4 Å². The van der Waals surface area contributed by atoms with Gasteiger partial charge in [0.25, 0.3) is 0 Å². The number of pyridine rings is 1. The van der Waals surface area contributed by atoms with E-state index < -0.39 is 5.97 Å². The molecule has 0 saturated heterocycles. The maximum Gasteiger partial charge on any atom is 0.349 e. The molecule has 0 atom stereocenters. The van der Waals surface area contributed by atoms with Gasteiger partial charge in [0, 0.05) is 11.6 Å². The lowest BCUT2D eigenvalue weighted by molar-refractivity contribution is -0.136. The van der Waals surface area contributed by atoms with Crippen molar-refractivity contribution in [2.24, 2.45) is 0 Å². The van der Waals surface area contributed by atoms with Crippen LogP contribution in [0.25, 0.3) is 10.9 Å². The molecule has 4 heteroatoms. The summed E-state index contributed by atoms with van der Waals surface area (Å²) in [6.07, 6.45) is 5.08. The fourth-order valence-electron chi connectivity index (χ4n) is 3.09. The first-order valence-electron chi connectivity index (χ1n) is 8.09. The monoisotopic (exact) mass is 319 g/mol. The molecule has 0 spiro atoms. The lowest BCUT2D eigenvalue weighted by Crippen LogP contribution is -2.18. The molecule has 0 aliphatic heterocycles. The van der Waals surface area contributed by atoms with Gasteiger partial charge in [-0.3, -0.25) is 4.98 Å². The normalized spacial score (nSPS) is 12.8. The van der Waals surface area contributed by atoms with Crippen LogP contribution < -0.4 is 9.47 Å². The highest BCUT2D eigenvalue weighted by Gasteiger charge is 2.13. The SMILES string of the molecule is O=C(COc1ccc2c(c1)CCC2)Oc1cccc2cccnc12. The summed E-state index contributed by atoms with van der Waals surface area (Å²) in [4.78, 5) is 16.4. The number of aryl methyl sites for hydroxylation is 2. The van der Waals surface area contributed by atoms with Crippen LogP contribution in [-0.2, 0) is 17.6 Å². The van der Waals surface area contributed by atoms with E-state index in [1.54, 1.807) is 12.3 Å². The molecule has 120 valence electrons. The molecule has 2 aromatic carbocycles. The van der Waals surface area contributed by atoms with E-state index in [0.717, 1.165) is 18.2 Å². The third-order valence-corrected chi connectivity index (χ3v) is 4.25. The summed E-state index contributed by atoms with van der Waals surface area (Å²) in [5.74, 6) is 0.730. The average Bonchev–Trinajstić information content (AvgIpc) is 3.08. The van der Waals surface area contributed by atoms with Crippen molar-refractivity contribution in [3.63, 3.8) is 0 Å². The van der Waals surface area contributed by atoms with Gasteiger partial charge < -0.3 is 9.47 Å². The number of esters is 1. The summed E-state index contributed by atoms with van der Waals surface area (Å²) in [6.45, 7) is -0.123. The number of aromatic nitrogens is 1. The molecular formula is C20H17NO3. The van der Waals surface area contributed by atoms with Gasteiger partial charge >= 0.3 is 5.97 Å². The Labute approximate surface area is 140 Å². The standard InChI is InChI=1S/C20H17NO3/c22-19(13-23-17-10-9-14-4-1-6-16(14)12-17)24-18-8-2-5-15-7-3-11-21-20(15)18/h2-3,5,7-12H,1,4,6,13H2. The van der Waals surface area contributed by atoms with E-state index in [9.17, 15) is 4.79 Å². The van der Waals surface area contributed by atoms with E-state index in [4.69, 9.17) is 9.47 Å². The highest BCUT2D eigenvalue weighted by atomic mass is 16.6. The Balaban J connectivity index is 1.43. The topological polar surface area (TPSA) is 48.4 Å². The molecule has 1 aliphatic carbocycles. The summed E-state index contributed by atoms with van der Waals surface area (Å²) in [5.41, 5.74) is 3.37. The van der Waals surface area contributed by atoms with Gasteiger partial charge in [-0.25, -0.2) is 4.79 Å². The lowest BCUT2D eigenvalue weighted by atomic mass is 10.1. The minimum atomic E-state index is -0.436. The zero-order valence-corrected chi connectivity index (χ0v) is 13.2. The molecule has 0 fully saturated rings. The Bertz CT molecular complexity index is 899. The molecule has 24 heavy (non-hydrogen) atoms. The van der Waals surface area contributed by atoms with Crippen molar-refractivity contribution in [2.45, 2.75) is 19.3 Å². The zero-order valence-electron chi connectivity index (χ0n) is 13.2. The number of hydrogen-bond donors (Lipinski definition) is 0. The molecule has 1 aromatic heterocycles. The van der Waals surface area contributed by atoms with Crippen LogP contribution in [-0.4, -0.2) is 17.6 Å². The predicted molar refractivity (Wildman–Crippen MR) is 91.3 cm³/mol. The number of benzene rings is 2. The van der Waals surface area contributed by atoms with E-state index in [1.165, 1.54) is 17.5 Å². The van der Waals surface area contributed by atoms with Gasteiger partial charge in [0.1, 0.15) is 11.3 Å². The molecule has 4 rings (SSSR count). The third-order valence-electron chi connectivity index (χ3n) is 4.25. The van der Waals surface area contributed by atoms with Gasteiger partial charge in [-0.1, -0.05) is 24.3 Å². The summed E-state index contributed by atoms with van der Waals surface area (Å²) in [6, 6.07) is 15.3. The smallest absolute Gasteiger partial charge is 0.349 e. The maximum absolute atomic E-state index is 12.1. The summed E-state index contributed by atoms with van der Waals surface area (Å²) in [5, 5.41) is 0.933. The van der Waals surface area contributed by atoms with E-state index in [2.05, 4.69) is 11.1 Å². The first-order chi connectivity index (χ1) is 11.8. The Morgan fingerprint density at radius 2 is 1.92 bits per heavy atom. The number of hydrogen-bond acceptors (Lipinski definition) is 4. The number of rotatable bonds is 4. The Hall–Kier alpha value is -2.88. The van der Waals surface area contributed by atoms with E-state index in [-0.39, 0.29) is 6.61 Å². The van der Waals surface area contributed by atoms with E-state index >= 15 is 0 Å². The molecule has 0 amide bonds. The predicted octanol–water partition coefficient (Wildman–Crippen LogP) is 3.71. The number of carbonyl (C=O) groups excluding carboxylic acids is 1. The van der Waals surface area contributed by atoms with Crippen LogP contribution in [0.4, 0.5) is 0 Å². The van der Waals surface area contributed by atoms with Crippen LogP contribution in [0.15, 0.2) is 54.7 Å². The minimum absolute atomic E-state index is 0.123. The molecule has 0 unspecified atom stereocenters. The average molecular weight is 319 g/mol. The lowest BCUT2D eigenvalue weighted by Gasteiger charge is -2.09. The number of ether oxygens (including phenoxy) is 2. The van der Waals surface area contributed by atoms with Crippen molar-refractivity contribution < 1.29 is 14.3 Å². The third kappa shape index (κ3) is 2.95. The van der Waals surface area contributed by atoms with Gasteiger partial charge in [-0.05, 0) is 54.7 Å². The number of carbonyl (C=O) groups is 1. The second-order valence-corrected chi connectivity index (χ2v) is 5.88. The first-order valence-corrected chi connectivity index (χ1v) is 8.09. The fourth-order valence-corrected chi connectivity index (χ4v) is 3.09. The molecule has 3 aromatic rings. The molecule has 4 nitrogen and oxygen atoms in total. The molecule has 0 N–H and O–H groups in total. The summed E-state index contributed by atoms with van der Waals surface area (Å²) < 4.78 is 11.0. The van der Waals surface area contributed by atoms with Crippen LogP contribution in [0.1, 0.15) is 17.5 Å². The zero-order chi connectivity index (χ0) is 16.4. The molecule has 1 aliphatic rings. The van der Waals surface area contributed by atoms with Crippen LogP contribution >= 0.6 is 0 Å². The second kappa shape index (κ2) is 6.32. The van der Waals surface area contributed by atoms with Gasteiger partial charge in [-0.2, -0.15) is 0 Å². The van der Waals surface area contributed by atoms with Crippen molar-refractivity contribution in [3.05, 3.63) is 65.9 Å². The number of fused-ring (bicyclic) bond motifs is 2. The van der Waals surface area contributed by atoms with Crippen LogP contribution in [0.5, 0.6) is 11.5 Å². The maximum atomic E-state index is 12.1. The Morgan fingerprint density at radius 1 is 1.04 bits per heavy atom. The Morgan fingerprint density at radius 3 is 2.88 bits per heavy atom. The highest BCUT2D eigenvalue weighted by Crippen LogP contribution is 2.26. The quantitative estimate of drug-likeness (QED) is 0.543. The van der Waals surface area contributed by atoms with Gasteiger partial charge in [0.05, 0.1) is 0 Å². The second-order valence-electron chi connectivity index (χ2n) is 5.88. The molecule has 0 radical (unpaired) electrons. The van der Waals surface area contributed by atoms with Crippen LogP contribution in [0, 0.1) is 0 Å². The number of nitrogens with zero attached hydrogens (tertiary/aromatic N) is 1. The Kier molecular flexibility index (Phi) is 3.87. The van der Waals surface area contributed by atoms with Gasteiger partial charge in [0.2, 0.25) is 0 Å². The van der Waals surface area contributed by atoms with Crippen molar-refractivity contribution in [3.8, 4) is 11.5 Å². The molecule has 0 bridgehead atoms. The first kappa shape index (κ1) is 14.7. The van der Waals surface area contributed by atoms with Crippen molar-refractivity contribution in [1.82, 2.24) is 4.98 Å². The van der Waals surface area contributed by atoms with Crippen molar-refractivity contribution in [1.29, 1.82) is 0 Å². The van der Waals surface area contributed by atoms with Gasteiger partial charge in [-0.15, -0.1) is 0 Å². The largest absolute Gasteiger partial charge is 0.482 e. The number of para-hydroxylation sites is 1. The van der Waals surface area contributed by atoms with Crippen molar-refractivity contribution in [2.75, 3.05) is 6.61 Å². The van der Waals surface area contributed by atoms with E-state index in [0.29, 0.717) is 17.0 Å². The minimum Gasteiger partial charge on any atom is -0.482 e. The molecular weight excluding hydrogens is 302 g/mol. The summed E-state index contributed by atoms with van der Waals surface area (Å²) >= 11 is 0. The molecule has 0 saturated carbocycles. The van der Waals surface area contributed by atoms with Gasteiger partial charge in [0.15, 0.2) is 12.4 Å². The fraction of sp³-hybridized carbons (Fsp3) is 0.200. The van der Waals surface area contributed by atoms with Crippen molar-refractivity contribution >= 4 is 16.9 Å².